The zero-order valence-electron chi connectivity index (χ0n) is 11.2. The monoisotopic (exact) mass is 296 g/mol. The molecule has 2 atom stereocenters. The topological polar surface area (TPSA) is 69.6 Å². The Balaban J connectivity index is 2.00. The molecule has 0 spiro atoms. The van der Waals surface area contributed by atoms with E-state index in [2.05, 4.69) is 5.32 Å². The van der Waals surface area contributed by atoms with E-state index in [9.17, 15) is 9.59 Å². The van der Waals surface area contributed by atoms with Crippen LogP contribution in [-0.2, 0) is 4.79 Å². The quantitative estimate of drug-likeness (QED) is 0.901. The van der Waals surface area contributed by atoms with Gasteiger partial charge in [-0.2, -0.15) is 0 Å². The second kappa shape index (κ2) is 6.13. The van der Waals surface area contributed by atoms with Gasteiger partial charge in [0, 0.05) is 11.6 Å². The van der Waals surface area contributed by atoms with Crippen LogP contribution >= 0.6 is 11.6 Å². The summed E-state index contributed by atoms with van der Waals surface area (Å²) < 4.78 is 0. The molecule has 1 heterocycles. The summed E-state index contributed by atoms with van der Waals surface area (Å²) in [5, 5.41) is 12.5. The number of halogens is 1. The molecule has 1 saturated heterocycles. The zero-order chi connectivity index (χ0) is 14.7. The van der Waals surface area contributed by atoms with Crippen molar-refractivity contribution in [3.05, 3.63) is 34.9 Å². The van der Waals surface area contributed by atoms with Crippen LogP contribution in [0.1, 0.15) is 31.4 Å². The molecule has 1 fully saturated rings. The Hall–Kier alpha value is -1.75. The zero-order valence-corrected chi connectivity index (χ0v) is 11.9. The molecule has 5 nitrogen and oxygen atoms in total. The lowest BCUT2D eigenvalue weighted by atomic mass is 10.1. The number of hydrogen-bond acceptors (Lipinski definition) is 2. The molecule has 108 valence electrons. The number of hydrogen-bond donors (Lipinski definition) is 2. The fraction of sp³-hybridized carbons (Fsp3) is 0.429. The van der Waals surface area contributed by atoms with Crippen molar-refractivity contribution < 1.29 is 14.7 Å². The third-order valence-corrected chi connectivity index (χ3v) is 3.76. The first-order chi connectivity index (χ1) is 9.49. The van der Waals surface area contributed by atoms with E-state index in [1.54, 1.807) is 12.1 Å². The fourth-order valence-electron chi connectivity index (χ4n) is 2.37. The number of benzene rings is 1. The molecule has 1 aliphatic heterocycles. The minimum Gasteiger partial charge on any atom is -0.480 e. The summed E-state index contributed by atoms with van der Waals surface area (Å²) in [5.41, 5.74) is 0.925. The molecule has 2 amide bonds. The number of nitrogens with zero attached hydrogens (tertiary/aromatic N) is 1. The summed E-state index contributed by atoms with van der Waals surface area (Å²) in [5.74, 6) is -0.947. The maximum Gasteiger partial charge on any atom is 0.326 e. The molecule has 0 radical (unpaired) electrons. The normalized spacial score (nSPS) is 19.7. The summed E-state index contributed by atoms with van der Waals surface area (Å²) in [6, 6.07) is 5.95. The Morgan fingerprint density at radius 2 is 2.05 bits per heavy atom. The predicted molar refractivity (Wildman–Crippen MR) is 75.8 cm³/mol. The molecule has 0 aromatic heterocycles. The number of rotatable bonds is 3. The average molecular weight is 297 g/mol. The average Bonchev–Trinajstić information content (AvgIpc) is 2.88. The number of likely N-dealkylation sites (tertiary alicyclic amines) is 1. The van der Waals surface area contributed by atoms with Crippen LogP contribution in [0.5, 0.6) is 0 Å². The molecule has 2 N–H and O–H groups in total. The number of urea groups is 1. The molecular weight excluding hydrogens is 280 g/mol. The number of nitrogens with one attached hydrogen (secondary N) is 1. The van der Waals surface area contributed by atoms with E-state index in [1.165, 1.54) is 4.90 Å². The molecule has 0 saturated carbocycles. The van der Waals surface area contributed by atoms with Crippen molar-refractivity contribution in [1.29, 1.82) is 0 Å². The van der Waals surface area contributed by atoms with Crippen LogP contribution in [0, 0.1) is 0 Å². The maximum atomic E-state index is 12.1. The first-order valence-corrected chi connectivity index (χ1v) is 6.92. The molecule has 0 aliphatic carbocycles. The molecule has 6 heteroatoms. The SMILES string of the molecule is CC(NC(=O)N1CCC[C@@H]1C(=O)O)c1ccc(Cl)cc1. The lowest BCUT2D eigenvalue weighted by Crippen LogP contribution is -2.46. The molecule has 20 heavy (non-hydrogen) atoms. The Morgan fingerprint density at radius 1 is 1.40 bits per heavy atom. The second-order valence-corrected chi connectivity index (χ2v) is 5.35. The van der Waals surface area contributed by atoms with Crippen LogP contribution in [0.4, 0.5) is 4.79 Å². The predicted octanol–water partition coefficient (Wildman–Crippen LogP) is 2.66. The second-order valence-electron chi connectivity index (χ2n) is 4.91. The van der Waals surface area contributed by atoms with Gasteiger partial charge in [-0.1, -0.05) is 23.7 Å². The largest absolute Gasteiger partial charge is 0.480 e. The van der Waals surface area contributed by atoms with Gasteiger partial charge < -0.3 is 15.3 Å². The first kappa shape index (κ1) is 14.7. The van der Waals surface area contributed by atoms with Gasteiger partial charge in [0.1, 0.15) is 6.04 Å². The molecule has 1 aliphatic rings. The lowest BCUT2D eigenvalue weighted by Gasteiger charge is -2.24. The van der Waals surface area contributed by atoms with E-state index >= 15 is 0 Å². The van der Waals surface area contributed by atoms with Gasteiger partial charge in [0.15, 0.2) is 0 Å². The summed E-state index contributed by atoms with van der Waals surface area (Å²) in [7, 11) is 0. The number of aliphatic carboxylic acids is 1. The molecular formula is C14H17ClN2O3. The Labute approximate surface area is 122 Å². The molecule has 1 unspecified atom stereocenters. The van der Waals surface area contributed by atoms with Crippen LogP contribution in [0.3, 0.4) is 0 Å². The van der Waals surface area contributed by atoms with Crippen molar-refractivity contribution in [2.45, 2.75) is 31.8 Å². The van der Waals surface area contributed by atoms with Crippen LogP contribution in [-0.4, -0.2) is 34.6 Å². The van der Waals surface area contributed by atoms with E-state index in [1.807, 2.05) is 19.1 Å². The van der Waals surface area contributed by atoms with Crippen molar-refractivity contribution in [1.82, 2.24) is 10.2 Å². The van der Waals surface area contributed by atoms with Gasteiger partial charge >= 0.3 is 12.0 Å². The Bertz CT molecular complexity index is 504. The van der Waals surface area contributed by atoms with Crippen LogP contribution in [0.25, 0.3) is 0 Å². The highest BCUT2D eigenvalue weighted by molar-refractivity contribution is 6.30. The third-order valence-electron chi connectivity index (χ3n) is 3.51. The van der Waals surface area contributed by atoms with E-state index in [0.717, 1.165) is 12.0 Å². The molecule has 0 bridgehead atoms. The van der Waals surface area contributed by atoms with E-state index in [-0.39, 0.29) is 12.1 Å². The van der Waals surface area contributed by atoms with Gasteiger partial charge in [-0.3, -0.25) is 0 Å². The van der Waals surface area contributed by atoms with Gasteiger partial charge in [-0.05, 0) is 37.5 Å². The molecule has 2 rings (SSSR count). The number of carbonyl (C=O) groups excluding carboxylic acids is 1. The number of amides is 2. The van der Waals surface area contributed by atoms with Gasteiger partial charge in [-0.25, -0.2) is 9.59 Å². The van der Waals surface area contributed by atoms with Crippen molar-refractivity contribution in [2.75, 3.05) is 6.54 Å². The summed E-state index contributed by atoms with van der Waals surface area (Å²) in [6.07, 6.45) is 1.23. The lowest BCUT2D eigenvalue weighted by molar-refractivity contribution is -0.141. The van der Waals surface area contributed by atoms with E-state index in [4.69, 9.17) is 16.7 Å². The standard InChI is InChI=1S/C14H17ClN2O3/c1-9(10-4-6-11(15)7-5-10)16-14(20)17-8-2-3-12(17)13(18)19/h4-7,9,12H,2-3,8H2,1H3,(H,16,20)(H,18,19)/t9?,12-/m1/s1. The molecule has 1 aromatic rings. The summed E-state index contributed by atoms with van der Waals surface area (Å²) in [6.45, 7) is 2.34. The highest BCUT2D eigenvalue weighted by Gasteiger charge is 2.34. The van der Waals surface area contributed by atoms with Crippen LogP contribution in [0.2, 0.25) is 5.02 Å². The van der Waals surface area contributed by atoms with Crippen LogP contribution < -0.4 is 5.32 Å². The van der Waals surface area contributed by atoms with Crippen molar-refractivity contribution in [2.24, 2.45) is 0 Å². The highest BCUT2D eigenvalue weighted by atomic mass is 35.5. The maximum absolute atomic E-state index is 12.1. The van der Waals surface area contributed by atoms with Gasteiger partial charge in [0.25, 0.3) is 0 Å². The minimum atomic E-state index is -0.947. The number of carboxylic acids is 1. The van der Waals surface area contributed by atoms with Crippen molar-refractivity contribution >= 4 is 23.6 Å². The van der Waals surface area contributed by atoms with E-state index in [0.29, 0.717) is 18.0 Å². The van der Waals surface area contributed by atoms with Gasteiger partial charge in [0.2, 0.25) is 0 Å². The molecule has 1 aromatic carbocycles. The number of carboxylic acid groups (broad SMARTS) is 1. The Kier molecular flexibility index (Phi) is 4.49. The van der Waals surface area contributed by atoms with Gasteiger partial charge in [-0.15, -0.1) is 0 Å². The van der Waals surface area contributed by atoms with Crippen LogP contribution in [0.15, 0.2) is 24.3 Å². The minimum absolute atomic E-state index is 0.199. The van der Waals surface area contributed by atoms with Crippen molar-refractivity contribution in [3.63, 3.8) is 0 Å². The number of carbonyl (C=O) groups is 2. The smallest absolute Gasteiger partial charge is 0.326 e. The highest BCUT2D eigenvalue weighted by Crippen LogP contribution is 2.20. The Morgan fingerprint density at radius 3 is 2.65 bits per heavy atom. The third kappa shape index (κ3) is 3.22. The fourth-order valence-corrected chi connectivity index (χ4v) is 2.50. The summed E-state index contributed by atoms with van der Waals surface area (Å²) in [4.78, 5) is 24.6. The van der Waals surface area contributed by atoms with E-state index < -0.39 is 12.0 Å². The van der Waals surface area contributed by atoms with Gasteiger partial charge in [0.05, 0.1) is 6.04 Å². The van der Waals surface area contributed by atoms with Crippen molar-refractivity contribution in [3.8, 4) is 0 Å². The summed E-state index contributed by atoms with van der Waals surface area (Å²) >= 11 is 5.82. The first-order valence-electron chi connectivity index (χ1n) is 6.54.